The van der Waals surface area contributed by atoms with Crippen LogP contribution >= 0.6 is 0 Å². The van der Waals surface area contributed by atoms with Gasteiger partial charge in [-0.05, 0) is 63.6 Å². The number of para-hydroxylation sites is 1. The minimum atomic E-state index is 0.662. The number of pyridine rings is 1. The van der Waals surface area contributed by atoms with Crippen molar-refractivity contribution in [3.8, 4) is 5.75 Å². The summed E-state index contributed by atoms with van der Waals surface area (Å²) in [5.74, 6) is 0.887. The molecule has 3 nitrogen and oxygen atoms in total. The number of rotatable bonds is 5. The molecule has 0 aliphatic rings. The molecule has 0 saturated carbocycles. The largest absolute Gasteiger partial charge is 0.494 e. The third-order valence-corrected chi connectivity index (χ3v) is 4.21. The van der Waals surface area contributed by atoms with E-state index in [1.165, 1.54) is 16.9 Å². The minimum Gasteiger partial charge on any atom is -0.494 e. The zero-order chi connectivity index (χ0) is 17.1. The van der Waals surface area contributed by atoms with Crippen LogP contribution in [0.5, 0.6) is 5.75 Å². The van der Waals surface area contributed by atoms with E-state index < -0.39 is 0 Å². The van der Waals surface area contributed by atoms with E-state index in [9.17, 15) is 0 Å². The van der Waals surface area contributed by atoms with E-state index in [1.54, 1.807) is 0 Å². The normalized spacial score (nSPS) is 10.8. The van der Waals surface area contributed by atoms with E-state index in [4.69, 9.17) is 4.74 Å². The lowest BCUT2D eigenvalue weighted by molar-refractivity contribution is 0.340. The van der Waals surface area contributed by atoms with Crippen LogP contribution in [0.25, 0.3) is 10.9 Å². The van der Waals surface area contributed by atoms with E-state index in [-0.39, 0.29) is 0 Å². The predicted octanol–water partition coefficient (Wildman–Crippen LogP) is 5.41. The van der Waals surface area contributed by atoms with Crippen LogP contribution in [-0.4, -0.2) is 18.1 Å². The maximum absolute atomic E-state index is 5.70. The number of anilines is 2. The summed E-state index contributed by atoms with van der Waals surface area (Å²) in [5, 5.41) is 1.12. The van der Waals surface area contributed by atoms with Gasteiger partial charge in [0.15, 0.2) is 0 Å². The molecule has 24 heavy (non-hydrogen) atoms. The third-order valence-electron chi connectivity index (χ3n) is 4.21. The van der Waals surface area contributed by atoms with Crippen molar-refractivity contribution >= 4 is 22.3 Å². The van der Waals surface area contributed by atoms with Gasteiger partial charge in [-0.1, -0.05) is 18.2 Å². The zero-order valence-corrected chi connectivity index (χ0v) is 14.8. The van der Waals surface area contributed by atoms with Crippen molar-refractivity contribution in [3.05, 3.63) is 59.8 Å². The molecule has 1 heterocycles. The Labute approximate surface area is 143 Å². The Morgan fingerprint density at radius 1 is 0.958 bits per heavy atom. The molecule has 3 rings (SSSR count). The lowest BCUT2D eigenvalue weighted by Crippen LogP contribution is -2.18. The average molecular weight is 320 g/mol. The number of benzene rings is 2. The zero-order valence-electron chi connectivity index (χ0n) is 14.8. The molecule has 0 spiro atoms. The fourth-order valence-corrected chi connectivity index (χ4v) is 3.13. The molecule has 0 saturated heterocycles. The van der Waals surface area contributed by atoms with Crippen molar-refractivity contribution in [2.45, 2.75) is 27.7 Å². The van der Waals surface area contributed by atoms with Gasteiger partial charge in [0, 0.05) is 23.3 Å². The van der Waals surface area contributed by atoms with E-state index in [1.807, 2.05) is 26.0 Å². The molecule has 0 radical (unpaired) electrons. The van der Waals surface area contributed by atoms with Crippen LogP contribution in [0.3, 0.4) is 0 Å². The predicted molar refractivity (Wildman–Crippen MR) is 102 cm³/mol. The standard InChI is InChI=1S/C21H24N2O/c1-5-23(20-10-8-7-9-15(20)3)21-13-16(4)22-19-12-11-17(24-6-2)14-18(19)21/h7-14H,5-6H2,1-4H3. The second-order valence-corrected chi connectivity index (χ2v) is 5.93. The Kier molecular flexibility index (Phi) is 4.70. The number of nitrogens with zero attached hydrogens (tertiary/aromatic N) is 2. The Hall–Kier alpha value is -2.55. The van der Waals surface area contributed by atoms with Crippen molar-refractivity contribution < 1.29 is 4.74 Å². The first-order valence-corrected chi connectivity index (χ1v) is 8.51. The number of hydrogen-bond acceptors (Lipinski definition) is 3. The molecule has 0 fully saturated rings. The molecule has 0 amide bonds. The van der Waals surface area contributed by atoms with Gasteiger partial charge >= 0.3 is 0 Å². The van der Waals surface area contributed by atoms with Gasteiger partial charge < -0.3 is 9.64 Å². The second kappa shape index (κ2) is 6.91. The van der Waals surface area contributed by atoms with Crippen molar-refractivity contribution in [2.24, 2.45) is 0 Å². The summed E-state index contributed by atoms with van der Waals surface area (Å²) in [6.07, 6.45) is 0. The van der Waals surface area contributed by atoms with Gasteiger partial charge in [0.25, 0.3) is 0 Å². The quantitative estimate of drug-likeness (QED) is 0.628. The topological polar surface area (TPSA) is 25.4 Å². The highest BCUT2D eigenvalue weighted by molar-refractivity contribution is 5.95. The average Bonchev–Trinajstić information content (AvgIpc) is 2.58. The first kappa shape index (κ1) is 16.3. The third kappa shape index (κ3) is 3.07. The Morgan fingerprint density at radius 3 is 2.46 bits per heavy atom. The van der Waals surface area contributed by atoms with Crippen LogP contribution in [0.1, 0.15) is 25.1 Å². The summed E-state index contributed by atoms with van der Waals surface area (Å²) >= 11 is 0. The first-order valence-electron chi connectivity index (χ1n) is 8.51. The molecule has 2 aromatic carbocycles. The van der Waals surface area contributed by atoms with E-state index in [2.05, 4.69) is 60.1 Å². The van der Waals surface area contributed by atoms with Crippen LogP contribution < -0.4 is 9.64 Å². The summed E-state index contributed by atoms with van der Waals surface area (Å²) in [4.78, 5) is 7.04. The van der Waals surface area contributed by atoms with Gasteiger partial charge in [0.2, 0.25) is 0 Å². The summed E-state index contributed by atoms with van der Waals surface area (Å²) in [7, 11) is 0. The van der Waals surface area contributed by atoms with Gasteiger partial charge in [0.05, 0.1) is 17.8 Å². The van der Waals surface area contributed by atoms with E-state index in [0.717, 1.165) is 28.9 Å². The molecule has 3 heteroatoms. The molecule has 3 aromatic rings. The van der Waals surface area contributed by atoms with Crippen molar-refractivity contribution in [1.29, 1.82) is 0 Å². The number of hydrogen-bond donors (Lipinski definition) is 0. The fraction of sp³-hybridized carbons (Fsp3) is 0.286. The molecule has 0 bridgehead atoms. The van der Waals surface area contributed by atoms with Crippen molar-refractivity contribution in [3.63, 3.8) is 0 Å². The van der Waals surface area contributed by atoms with Gasteiger partial charge in [-0.25, -0.2) is 0 Å². The van der Waals surface area contributed by atoms with Crippen LogP contribution in [0, 0.1) is 13.8 Å². The van der Waals surface area contributed by atoms with E-state index >= 15 is 0 Å². The van der Waals surface area contributed by atoms with Gasteiger partial charge in [0.1, 0.15) is 5.75 Å². The van der Waals surface area contributed by atoms with Gasteiger partial charge in [-0.3, -0.25) is 4.98 Å². The lowest BCUT2D eigenvalue weighted by atomic mass is 10.1. The number of ether oxygens (including phenoxy) is 1. The highest BCUT2D eigenvalue weighted by atomic mass is 16.5. The van der Waals surface area contributed by atoms with Crippen molar-refractivity contribution in [1.82, 2.24) is 4.98 Å². The SMILES string of the molecule is CCOc1ccc2nc(C)cc(N(CC)c3ccccc3C)c2c1. The molecule has 1 aromatic heterocycles. The summed E-state index contributed by atoms with van der Waals surface area (Å²) in [5.41, 5.74) is 5.70. The second-order valence-electron chi connectivity index (χ2n) is 5.93. The summed E-state index contributed by atoms with van der Waals surface area (Å²) in [6, 6.07) is 16.8. The Morgan fingerprint density at radius 2 is 1.75 bits per heavy atom. The molecule has 0 atom stereocenters. The number of aryl methyl sites for hydroxylation is 2. The highest BCUT2D eigenvalue weighted by Crippen LogP contribution is 2.35. The maximum Gasteiger partial charge on any atom is 0.120 e. The fourth-order valence-electron chi connectivity index (χ4n) is 3.13. The number of fused-ring (bicyclic) bond motifs is 1. The molecule has 0 aliphatic heterocycles. The summed E-state index contributed by atoms with van der Waals surface area (Å²) < 4.78 is 5.70. The van der Waals surface area contributed by atoms with E-state index in [0.29, 0.717) is 6.61 Å². The first-order chi connectivity index (χ1) is 11.6. The number of aromatic nitrogens is 1. The Balaban J connectivity index is 2.22. The molecule has 0 N–H and O–H groups in total. The van der Waals surface area contributed by atoms with Gasteiger partial charge in [-0.2, -0.15) is 0 Å². The van der Waals surface area contributed by atoms with Crippen LogP contribution in [-0.2, 0) is 0 Å². The van der Waals surface area contributed by atoms with Crippen LogP contribution in [0.2, 0.25) is 0 Å². The lowest BCUT2D eigenvalue weighted by Gasteiger charge is -2.27. The highest BCUT2D eigenvalue weighted by Gasteiger charge is 2.14. The smallest absolute Gasteiger partial charge is 0.120 e. The summed E-state index contributed by atoms with van der Waals surface area (Å²) in [6.45, 7) is 9.94. The monoisotopic (exact) mass is 320 g/mol. The molecular formula is C21H24N2O. The Bertz CT molecular complexity index is 858. The maximum atomic E-state index is 5.70. The molecule has 0 unspecified atom stereocenters. The minimum absolute atomic E-state index is 0.662. The molecule has 0 aliphatic carbocycles. The van der Waals surface area contributed by atoms with Crippen LogP contribution in [0.4, 0.5) is 11.4 Å². The van der Waals surface area contributed by atoms with Crippen LogP contribution in [0.15, 0.2) is 48.5 Å². The van der Waals surface area contributed by atoms with Gasteiger partial charge in [-0.15, -0.1) is 0 Å². The molecule has 124 valence electrons. The molecular weight excluding hydrogens is 296 g/mol. The van der Waals surface area contributed by atoms with Crippen molar-refractivity contribution in [2.75, 3.05) is 18.1 Å².